The molecule has 1 aromatic heterocycles. The van der Waals surface area contributed by atoms with Gasteiger partial charge in [-0.1, -0.05) is 32.4 Å². The third-order valence-corrected chi connectivity index (χ3v) is 4.43. The monoisotopic (exact) mass is 369 g/mol. The molecule has 0 atom stereocenters. The van der Waals surface area contributed by atoms with Crippen molar-refractivity contribution in [3.63, 3.8) is 0 Å². The lowest BCUT2D eigenvalue weighted by molar-refractivity contribution is 0.0367. The second-order valence-electron chi connectivity index (χ2n) is 6.63. The van der Waals surface area contributed by atoms with Crippen LogP contribution >= 0.6 is 23.4 Å². The Hall–Kier alpha value is -1.73. The van der Waals surface area contributed by atoms with E-state index in [4.69, 9.17) is 16.3 Å². The molecule has 8 heteroatoms. The van der Waals surface area contributed by atoms with Crippen molar-refractivity contribution in [1.82, 2.24) is 14.3 Å². The number of esters is 1. The topological polar surface area (TPSA) is 66.1 Å². The molecule has 130 valence electrons. The highest BCUT2D eigenvalue weighted by molar-refractivity contribution is 7.99. The van der Waals surface area contributed by atoms with Crippen molar-refractivity contribution in [2.75, 3.05) is 6.61 Å². The number of aryl methyl sites for hydroxylation is 1. The van der Waals surface area contributed by atoms with Crippen LogP contribution in [0.15, 0.2) is 33.0 Å². The number of ether oxygens (including phenoxy) is 1. The summed E-state index contributed by atoms with van der Waals surface area (Å²) in [6.45, 7) is 6.27. The summed E-state index contributed by atoms with van der Waals surface area (Å²) in [6.07, 6.45) is 0. The molecule has 0 aliphatic rings. The van der Waals surface area contributed by atoms with E-state index in [-0.39, 0.29) is 11.1 Å². The highest BCUT2D eigenvalue weighted by Crippen LogP contribution is 2.29. The lowest BCUT2D eigenvalue weighted by atomic mass is 9.99. The highest BCUT2D eigenvalue weighted by atomic mass is 35.5. The lowest BCUT2D eigenvalue weighted by Crippen LogP contribution is -2.20. The number of carbonyl (C=O) groups excluding carboxylic acids is 1. The average Bonchev–Trinajstić information content (AvgIpc) is 2.71. The zero-order valence-electron chi connectivity index (χ0n) is 14.3. The van der Waals surface area contributed by atoms with Crippen LogP contribution in [0.2, 0.25) is 5.02 Å². The van der Waals surface area contributed by atoms with E-state index >= 15 is 0 Å². The largest absolute Gasteiger partial charge is 0.461 e. The van der Waals surface area contributed by atoms with Crippen molar-refractivity contribution in [2.45, 2.75) is 30.8 Å². The van der Waals surface area contributed by atoms with Gasteiger partial charge in [-0.2, -0.15) is 0 Å². The Labute approximate surface area is 149 Å². The average molecular weight is 370 g/mol. The summed E-state index contributed by atoms with van der Waals surface area (Å²) in [5.74, 6) is -0.447. The molecular formula is C16H20ClN3O3S. The molecule has 0 fully saturated rings. The quantitative estimate of drug-likeness (QED) is 0.774. The van der Waals surface area contributed by atoms with Crippen LogP contribution in [0, 0.1) is 5.41 Å². The fourth-order valence-electron chi connectivity index (χ4n) is 1.82. The van der Waals surface area contributed by atoms with Gasteiger partial charge in [-0.25, -0.2) is 14.3 Å². The normalized spacial score (nSPS) is 11.6. The molecule has 0 bridgehead atoms. The highest BCUT2D eigenvalue weighted by Gasteiger charge is 2.18. The summed E-state index contributed by atoms with van der Waals surface area (Å²) < 4.78 is 7.99. The second-order valence-corrected chi connectivity index (χ2v) is 8.08. The zero-order chi connectivity index (χ0) is 18.1. The SMILES string of the molecule is Cn1nc(Sc2ccc(C(=O)OCC(C)(C)C)c(Cl)c2)n(C)c1=O. The number of hydrogen-bond acceptors (Lipinski definition) is 5. The molecule has 0 saturated carbocycles. The fraction of sp³-hybridized carbons (Fsp3) is 0.438. The molecule has 0 unspecified atom stereocenters. The van der Waals surface area contributed by atoms with E-state index in [0.717, 1.165) is 4.90 Å². The summed E-state index contributed by atoms with van der Waals surface area (Å²) in [5, 5.41) is 4.99. The van der Waals surface area contributed by atoms with E-state index in [1.54, 1.807) is 32.3 Å². The predicted octanol–water partition coefficient (Wildman–Crippen LogP) is 3.13. The number of carbonyl (C=O) groups is 1. The Balaban J connectivity index is 2.16. The maximum Gasteiger partial charge on any atom is 0.346 e. The molecule has 0 aliphatic carbocycles. The van der Waals surface area contributed by atoms with Gasteiger partial charge >= 0.3 is 11.7 Å². The summed E-state index contributed by atoms with van der Waals surface area (Å²) >= 11 is 7.50. The molecule has 1 heterocycles. The van der Waals surface area contributed by atoms with Crippen molar-refractivity contribution in [3.05, 3.63) is 39.3 Å². The van der Waals surface area contributed by atoms with Gasteiger partial charge in [0.1, 0.15) is 0 Å². The number of nitrogens with zero attached hydrogens (tertiary/aromatic N) is 3. The first-order valence-electron chi connectivity index (χ1n) is 7.33. The minimum atomic E-state index is -0.447. The Morgan fingerprint density at radius 2 is 2.00 bits per heavy atom. The fourth-order valence-corrected chi connectivity index (χ4v) is 3.04. The van der Waals surface area contributed by atoms with Crippen LogP contribution in [-0.4, -0.2) is 26.9 Å². The maximum absolute atomic E-state index is 12.1. The number of halogens is 1. The molecule has 24 heavy (non-hydrogen) atoms. The van der Waals surface area contributed by atoms with E-state index in [0.29, 0.717) is 22.3 Å². The first kappa shape index (κ1) is 18.6. The van der Waals surface area contributed by atoms with Gasteiger partial charge in [0, 0.05) is 19.0 Å². The van der Waals surface area contributed by atoms with E-state index in [2.05, 4.69) is 5.10 Å². The second kappa shape index (κ2) is 7.03. The molecular weight excluding hydrogens is 350 g/mol. The van der Waals surface area contributed by atoms with E-state index in [1.165, 1.54) is 21.0 Å². The van der Waals surface area contributed by atoms with Gasteiger partial charge in [0.15, 0.2) is 5.16 Å². The summed E-state index contributed by atoms with van der Waals surface area (Å²) in [6, 6.07) is 5.04. The van der Waals surface area contributed by atoms with Crippen LogP contribution in [0.3, 0.4) is 0 Å². The van der Waals surface area contributed by atoms with Gasteiger partial charge in [0.2, 0.25) is 0 Å². The number of benzene rings is 1. The molecule has 0 aliphatic heterocycles. The van der Waals surface area contributed by atoms with Gasteiger partial charge in [0.05, 0.1) is 17.2 Å². The number of rotatable bonds is 4. The van der Waals surface area contributed by atoms with Gasteiger partial charge in [-0.3, -0.25) is 4.57 Å². The number of hydrogen-bond donors (Lipinski definition) is 0. The van der Waals surface area contributed by atoms with Crippen LogP contribution in [-0.2, 0) is 18.8 Å². The summed E-state index contributed by atoms with van der Waals surface area (Å²) in [5.41, 5.74) is 0.00738. The molecule has 6 nitrogen and oxygen atoms in total. The minimum absolute atomic E-state index is 0.109. The smallest absolute Gasteiger partial charge is 0.346 e. The van der Waals surface area contributed by atoms with Crippen LogP contribution < -0.4 is 5.69 Å². The first-order valence-corrected chi connectivity index (χ1v) is 8.52. The first-order chi connectivity index (χ1) is 11.1. The van der Waals surface area contributed by atoms with E-state index < -0.39 is 5.97 Å². The van der Waals surface area contributed by atoms with Gasteiger partial charge in [-0.15, -0.1) is 5.10 Å². The molecule has 2 aromatic rings. The zero-order valence-corrected chi connectivity index (χ0v) is 15.9. The van der Waals surface area contributed by atoms with Gasteiger partial charge in [-0.05, 0) is 35.4 Å². The Kier molecular flexibility index (Phi) is 5.45. The van der Waals surface area contributed by atoms with Crippen molar-refractivity contribution in [1.29, 1.82) is 0 Å². The summed E-state index contributed by atoms with van der Waals surface area (Å²) in [4.78, 5) is 24.6. The third-order valence-electron chi connectivity index (χ3n) is 3.09. The lowest BCUT2D eigenvalue weighted by Gasteiger charge is -2.18. The van der Waals surface area contributed by atoms with Crippen LogP contribution in [0.5, 0.6) is 0 Å². The molecule has 0 amide bonds. The van der Waals surface area contributed by atoms with Crippen molar-refractivity contribution in [2.24, 2.45) is 19.5 Å². The van der Waals surface area contributed by atoms with E-state index in [9.17, 15) is 9.59 Å². The maximum atomic E-state index is 12.1. The third kappa shape index (κ3) is 4.42. The molecule has 0 saturated heterocycles. The van der Waals surface area contributed by atoms with Crippen LogP contribution in [0.25, 0.3) is 0 Å². The number of aromatic nitrogens is 3. The predicted molar refractivity (Wildman–Crippen MR) is 93.8 cm³/mol. The Bertz CT molecular complexity index is 821. The molecule has 2 rings (SSSR count). The Morgan fingerprint density at radius 3 is 2.50 bits per heavy atom. The van der Waals surface area contributed by atoms with Crippen LogP contribution in [0.1, 0.15) is 31.1 Å². The Morgan fingerprint density at radius 1 is 1.33 bits per heavy atom. The van der Waals surface area contributed by atoms with Gasteiger partial charge < -0.3 is 4.74 Å². The molecule has 0 N–H and O–H groups in total. The minimum Gasteiger partial charge on any atom is -0.461 e. The van der Waals surface area contributed by atoms with Gasteiger partial charge in [0.25, 0.3) is 0 Å². The van der Waals surface area contributed by atoms with Crippen LogP contribution in [0.4, 0.5) is 0 Å². The van der Waals surface area contributed by atoms with Crippen molar-refractivity contribution >= 4 is 29.3 Å². The molecule has 0 radical (unpaired) electrons. The van der Waals surface area contributed by atoms with E-state index in [1.807, 2.05) is 20.8 Å². The van der Waals surface area contributed by atoms with Crippen molar-refractivity contribution < 1.29 is 9.53 Å². The molecule has 0 spiro atoms. The standard InChI is InChI=1S/C16H20ClN3O3S/c1-16(2,3)9-23-13(21)11-7-6-10(8-12(11)17)24-14-18-20(5)15(22)19(14)4/h6-8H,9H2,1-5H3. The van der Waals surface area contributed by atoms with Crippen molar-refractivity contribution in [3.8, 4) is 0 Å². The summed E-state index contributed by atoms with van der Waals surface area (Å²) in [7, 11) is 3.24. The molecule has 1 aromatic carbocycles.